The van der Waals surface area contributed by atoms with E-state index in [9.17, 15) is 9.59 Å². The lowest BCUT2D eigenvalue weighted by Crippen LogP contribution is -2.35. The highest BCUT2D eigenvalue weighted by Gasteiger charge is 2.14. The van der Waals surface area contributed by atoms with E-state index in [1.807, 2.05) is 6.92 Å². The highest BCUT2D eigenvalue weighted by Crippen LogP contribution is 2.11. The lowest BCUT2D eigenvalue weighted by molar-refractivity contribution is -0.118. The number of aliphatic hydroxyl groups is 1. The zero-order chi connectivity index (χ0) is 14.4. The van der Waals surface area contributed by atoms with E-state index >= 15 is 0 Å². The fraction of sp³-hybridized carbons (Fsp3) is 0.286. The van der Waals surface area contributed by atoms with E-state index in [1.54, 1.807) is 18.2 Å². The molecule has 2 amide bonds. The summed E-state index contributed by atoms with van der Waals surface area (Å²) in [6.07, 6.45) is 0. The van der Waals surface area contributed by atoms with Gasteiger partial charge in [0, 0.05) is 18.2 Å². The Bertz CT molecular complexity index is 556. The first-order chi connectivity index (χ1) is 8.95. The van der Waals surface area contributed by atoms with Crippen LogP contribution in [0.15, 0.2) is 18.2 Å². The fourth-order valence-corrected chi connectivity index (χ4v) is 1.55. The molecule has 5 heteroatoms. The van der Waals surface area contributed by atoms with Crippen LogP contribution in [0.3, 0.4) is 0 Å². The van der Waals surface area contributed by atoms with E-state index in [0.717, 1.165) is 5.56 Å². The van der Waals surface area contributed by atoms with E-state index in [-0.39, 0.29) is 19.1 Å². The molecule has 0 saturated heterocycles. The van der Waals surface area contributed by atoms with Gasteiger partial charge in [-0.1, -0.05) is 17.9 Å². The van der Waals surface area contributed by atoms with Crippen LogP contribution in [0.2, 0.25) is 0 Å². The summed E-state index contributed by atoms with van der Waals surface area (Å²) in [5.41, 5.74) is 7.06. The van der Waals surface area contributed by atoms with Crippen LogP contribution in [-0.4, -0.2) is 42.0 Å². The van der Waals surface area contributed by atoms with Crippen molar-refractivity contribution < 1.29 is 14.7 Å². The maximum atomic E-state index is 12.0. The first-order valence-electron chi connectivity index (χ1n) is 5.70. The molecule has 1 rings (SSSR count). The van der Waals surface area contributed by atoms with Crippen molar-refractivity contribution in [3.8, 4) is 11.8 Å². The van der Waals surface area contributed by atoms with Crippen LogP contribution in [0.4, 0.5) is 0 Å². The Labute approximate surface area is 112 Å². The largest absolute Gasteiger partial charge is 0.384 e. The molecule has 0 aliphatic carbocycles. The van der Waals surface area contributed by atoms with Gasteiger partial charge in [0.1, 0.15) is 6.61 Å². The van der Waals surface area contributed by atoms with E-state index in [4.69, 9.17) is 10.8 Å². The van der Waals surface area contributed by atoms with Crippen LogP contribution in [0.25, 0.3) is 0 Å². The Hall–Kier alpha value is -2.32. The summed E-state index contributed by atoms with van der Waals surface area (Å²) in [7, 11) is 1.51. The average Bonchev–Trinajstić information content (AvgIpc) is 2.36. The number of hydrogen-bond donors (Lipinski definition) is 2. The number of aliphatic hydroxyl groups excluding tert-OH is 1. The molecule has 100 valence electrons. The van der Waals surface area contributed by atoms with E-state index < -0.39 is 5.91 Å². The van der Waals surface area contributed by atoms with Crippen molar-refractivity contribution in [2.75, 3.05) is 20.2 Å². The number of primary amides is 1. The average molecular weight is 260 g/mol. The predicted octanol–water partition coefficient (Wildman–Crippen LogP) is -0.104. The summed E-state index contributed by atoms with van der Waals surface area (Å²) >= 11 is 0. The first-order valence-corrected chi connectivity index (χ1v) is 5.70. The van der Waals surface area contributed by atoms with Crippen molar-refractivity contribution in [2.24, 2.45) is 5.73 Å². The van der Waals surface area contributed by atoms with Gasteiger partial charge in [-0.2, -0.15) is 0 Å². The minimum Gasteiger partial charge on any atom is -0.384 e. The zero-order valence-corrected chi connectivity index (χ0v) is 10.9. The van der Waals surface area contributed by atoms with E-state index in [0.29, 0.717) is 11.1 Å². The third kappa shape index (κ3) is 4.12. The highest BCUT2D eigenvalue weighted by molar-refractivity contribution is 5.96. The lowest BCUT2D eigenvalue weighted by Gasteiger charge is -2.15. The minimum absolute atomic E-state index is 0.135. The number of nitrogens with two attached hydrogens (primary N) is 1. The molecule has 0 unspecified atom stereocenters. The minimum atomic E-state index is -0.566. The molecule has 0 atom stereocenters. The monoisotopic (exact) mass is 260 g/mol. The molecular formula is C14H16N2O3. The number of carbonyl (C=O) groups is 2. The molecule has 1 aromatic carbocycles. The Kier molecular flexibility index (Phi) is 5.10. The maximum Gasteiger partial charge on any atom is 0.254 e. The quantitative estimate of drug-likeness (QED) is 0.744. The van der Waals surface area contributed by atoms with Gasteiger partial charge in [0.15, 0.2) is 0 Å². The van der Waals surface area contributed by atoms with Gasteiger partial charge in [-0.25, -0.2) is 0 Å². The molecule has 0 fully saturated rings. The number of likely N-dealkylation sites (N-methyl/N-ethyl adjacent to an activating group) is 1. The smallest absolute Gasteiger partial charge is 0.254 e. The molecule has 0 radical (unpaired) electrons. The van der Waals surface area contributed by atoms with Crippen LogP contribution < -0.4 is 5.73 Å². The topological polar surface area (TPSA) is 83.6 Å². The van der Waals surface area contributed by atoms with Gasteiger partial charge in [0.2, 0.25) is 5.91 Å². The second-order valence-corrected chi connectivity index (χ2v) is 4.12. The molecule has 0 heterocycles. The number of benzene rings is 1. The van der Waals surface area contributed by atoms with Gasteiger partial charge in [-0.15, -0.1) is 0 Å². The summed E-state index contributed by atoms with van der Waals surface area (Å²) in [6.45, 7) is 1.49. The number of carbonyl (C=O) groups excluding carboxylic acids is 2. The van der Waals surface area contributed by atoms with Crippen molar-refractivity contribution in [1.82, 2.24) is 4.90 Å². The van der Waals surface area contributed by atoms with Gasteiger partial charge in [-0.05, 0) is 24.6 Å². The van der Waals surface area contributed by atoms with Gasteiger partial charge in [-0.3, -0.25) is 9.59 Å². The van der Waals surface area contributed by atoms with Crippen LogP contribution in [0.1, 0.15) is 21.5 Å². The Morgan fingerprint density at radius 3 is 2.68 bits per heavy atom. The molecule has 19 heavy (non-hydrogen) atoms. The molecule has 0 saturated carbocycles. The molecule has 0 aliphatic heterocycles. The summed E-state index contributed by atoms with van der Waals surface area (Å²) in [4.78, 5) is 24.1. The van der Waals surface area contributed by atoms with Gasteiger partial charge in [0.05, 0.1) is 6.54 Å². The number of hydrogen-bond acceptors (Lipinski definition) is 3. The van der Waals surface area contributed by atoms with E-state index in [1.165, 1.54) is 11.9 Å². The van der Waals surface area contributed by atoms with Crippen molar-refractivity contribution in [1.29, 1.82) is 0 Å². The third-order valence-corrected chi connectivity index (χ3v) is 2.53. The summed E-state index contributed by atoms with van der Waals surface area (Å²) < 4.78 is 0. The maximum absolute atomic E-state index is 12.0. The zero-order valence-electron chi connectivity index (χ0n) is 10.9. The SMILES string of the molecule is Cc1ccc(C(=O)N(C)CC(N)=O)cc1C#CCO. The number of rotatable bonds is 3. The summed E-state index contributed by atoms with van der Waals surface area (Å²) in [5, 5.41) is 8.68. The number of amides is 2. The lowest BCUT2D eigenvalue weighted by atomic mass is 10.0. The Morgan fingerprint density at radius 1 is 1.42 bits per heavy atom. The Balaban J connectivity index is 3.01. The van der Waals surface area contributed by atoms with Crippen molar-refractivity contribution >= 4 is 11.8 Å². The highest BCUT2D eigenvalue weighted by atomic mass is 16.2. The standard InChI is InChI=1S/C14H16N2O3/c1-10-5-6-12(8-11(10)4-3-7-17)14(19)16(2)9-13(15)18/h5-6,8,17H,7,9H2,1-2H3,(H2,15,18). The van der Waals surface area contributed by atoms with Gasteiger partial charge < -0.3 is 15.7 Å². The molecular weight excluding hydrogens is 244 g/mol. The molecule has 5 nitrogen and oxygen atoms in total. The molecule has 0 spiro atoms. The molecule has 0 bridgehead atoms. The van der Waals surface area contributed by atoms with Crippen LogP contribution in [-0.2, 0) is 4.79 Å². The van der Waals surface area contributed by atoms with Crippen LogP contribution in [0, 0.1) is 18.8 Å². The molecule has 0 aromatic heterocycles. The summed E-state index contributed by atoms with van der Waals surface area (Å²) in [6, 6.07) is 5.07. The van der Waals surface area contributed by atoms with Crippen molar-refractivity contribution in [3.63, 3.8) is 0 Å². The van der Waals surface area contributed by atoms with Crippen molar-refractivity contribution in [3.05, 3.63) is 34.9 Å². The summed E-state index contributed by atoms with van der Waals surface area (Å²) in [5.74, 6) is 4.45. The van der Waals surface area contributed by atoms with Crippen LogP contribution in [0.5, 0.6) is 0 Å². The van der Waals surface area contributed by atoms with Crippen LogP contribution >= 0.6 is 0 Å². The van der Waals surface area contributed by atoms with E-state index in [2.05, 4.69) is 11.8 Å². The first kappa shape index (κ1) is 14.7. The van der Waals surface area contributed by atoms with Crippen molar-refractivity contribution in [2.45, 2.75) is 6.92 Å². The number of aryl methyl sites for hydroxylation is 1. The second-order valence-electron chi connectivity index (χ2n) is 4.12. The predicted molar refractivity (Wildman–Crippen MR) is 71.3 cm³/mol. The number of nitrogens with zero attached hydrogens (tertiary/aromatic N) is 1. The van der Waals surface area contributed by atoms with Gasteiger partial charge in [0.25, 0.3) is 5.91 Å². The second kappa shape index (κ2) is 6.57. The fourth-order valence-electron chi connectivity index (χ4n) is 1.55. The molecule has 3 N–H and O–H groups in total. The van der Waals surface area contributed by atoms with Gasteiger partial charge >= 0.3 is 0 Å². The molecule has 1 aromatic rings. The third-order valence-electron chi connectivity index (χ3n) is 2.53. The molecule has 0 aliphatic rings. The normalized spacial score (nSPS) is 9.42. The Morgan fingerprint density at radius 2 is 2.11 bits per heavy atom.